The maximum absolute atomic E-state index is 3.80. The summed E-state index contributed by atoms with van der Waals surface area (Å²) in [6, 6.07) is 29.2. The first-order valence-corrected chi connectivity index (χ1v) is 21.2. The lowest BCUT2D eigenvalue weighted by Gasteiger charge is -2.38. The van der Waals surface area contributed by atoms with Gasteiger partial charge >= 0.3 is 0 Å². The second-order valence-electron chi connectivity index (χ2n) is 15.3. The number of benzene rings is 3. The Morgan fingerprint density at radius 3 is 1.25 bits per heavy atom. The molecule has 3 aromatic carbocycles. The van der Waals surface area contributed by atoms with Gasteiger partial charge in [-0.05, 0) is 113 Å². The Labute approximate surface area is 318 Å². The van der Waals surface area contributed by atoms with Crippen LogP contribution in [0.3, 0.4) is 0 Å². The van der Waals surface area contributed by atoms with Crippen LogP contribution in [0, 0.1) is 0 Å². The van der Waals surface area contributed by atoms with Gasteiger partial charge in [0.2, 0.25) is 0 Å². The largest absolute Gasteiger partial charge is 0.389 e. The molecule has 2 heterocycles. The molecule has 0 saturated carbocycles. The third kappa shape index (κ3) is 9.10. The number of anilines is 2. The number of hydrogen-bond donors (Lipinski definition) is 2. The molecule has 2 unspecified atom stereocenters. The topological polar surface area (TPSA) is 30.5 Å². The van der Waals surface area contributed by atoms with Gasteiger partial charge in [0.15, 0.2) is 0 Å². The molecule has 3 aromatic rings. The fourth-order valence-corrected chi connectivity index (χ4v) is 8.96. The second-order valence-corrected chi connectivity index (χ2v) is 15.3. The number of nitrogens with one attached hydrogen (secondary N) is 2. The van der Waals surface area contributed by atoms with E-state index in [0.29, 0.717) is 0 Å². The molecule has 2 saturated heterocycles. The first kappa shape index (κ1) is 39.5. The van der Waals surface area contributed by atoms with Crippen LogP contribution in [0.2, 0.25) is 0 Å². The second kappa shape index (κ2) is 19.4. The summed E-state index contributed by atoms with van der Waals surface area (Å²) in [5.74, 6) is 0. The molecule has 0 radical (unpaired) electrons. The quantitative estimate of drug-likeness (QED) is 0.115. The fourth-order valence-electron chi connectivity index (χ4n) is 8.96. The monoisotopic (exact) mass is 703 g/mol. The van der Waals surface area contributed by atoms with Crippen LogP contribution in [0.4, 0.5) is 11.4 Å². The van der Waals surface area contributed by atoms with Gasteiger partial charge in [0.1, 0.15) is 0 Å². The molecule has 0 aromatic heterocycles. The average Bonchev–Trinajstić information content (AvgIpc) is 3.91. The first-order chi connectivity index (χ1) is 25.5. The van der Waals surface area contributed by atoms with Crippen molar-refractivity contribution in [2.75, 3.05) is 49.1 Å². The first-order valence-electron chi connectivity index (χ1n) is 21.2. The van der Waals surface area contributed by atoms with Crippen LogP contribution in [-0.2, 0) is 10.8 Å². The molecule has 4 heteroatoms. The molecule has 2 aliphatic heterocycles. The third-order valence-corrected chi connectivity index (χ3v) is 12.1. The van der Waals surface area contributed by atoms with Crippen molar-refractivity contribution in [3.05, 3.63) is 119 Å². The van der Waals surface area contributed by atoms with E-state index in [1.165, 1.54) is 96.4 Å². The maximum atomic E-state index is 3.80. The van der Waals surface area contributed by atoms with Crippen LogP contribution in [0.5, 0.6) is 0 Å². The van der Waals surface area contributed by atoms with Gasteiger partial charge in [-0.15, -0.1) is 0 Å². The van der Waals surface area contributed by atoms with Gasteiger partial charge in [-0.25, -0.2) is 0 Å². The van der Waals surface area contributed by atoms with E-state index in [2.05, 4.69) is 147 Å². The van der Waals surface area contributed by atoms with Crippen molar-refractivity contribution >= 4 is 11.4 Å². The molecule has 0 amide bonds. The van der Waals surface area contributed by atoms with Crippen molar-refractivity contribution in [2.45, 2.75) is 129 Å². The Kier molecular flexibility index (Phi) is 14.8. The average molecular weight is 703 g/mol. The lowest BCUT2D eigenvalue weighted by Crippen LogP contribution is -2.31. The van der Waals surface area contributed by atoms with Crippen LogP contribution in [0.15, 0.2) is 96.3 Å². The molecule has 0 bridgehead atoms. The smallest absolute Gasteiger partial charge is 0.0401 e. The number of nitrogens with zero attached hydrogens (tertiary/aromatic N) is 2. The molecule has 0 spiro atoms. The van der Waals surface area contributed by atoms with Crippen molar-refractivity contribution in [3.63, 3.8) is 0 Å². The van der Waals surface area contributed by atoms with Gasteiger partial charge < -0.3 is 20.4 Å². The molecule has 52 heavy (non-hydrogen) atoms. The van der Waals surface area contributed by atoms with Gasteiger partial charge in [0.05, 0.1) is 0 Å². The van der Waals surface area contributed by atoms with Gasteiger partial charge in [0, 0.05) is 72.9 Å². The molecule has 282 valence electrons. The Morgan fingerprint density at radius 1 is 0.519 bits per heavy atom. The van der Waals surface area contributed by atoms with E-state index in [-0.39, 0.29) is 10.8 Å². The molecule has 5 rings (SSSR count). The zero-order chi connectivity index (χ0) is 36.8. The number of unbranched alkanes of at least 4 members (excludes halogenated alkanes) is 4. The zero-order valence-corrected chi connectivity index (χ0v) is 33.7. The molecule has 2 N–H and O–H groups in total. The van der Waals surface area contributed by atoms with Gasteiger partial charge in [-0.2, -0.15) is 0 Å². The zero-order valence-electron chi connectivity index (χ0n) is 33.7. The van der Waals surface area contributed by atoms with Crippen LogP contribution in [-0.4, -0.2) is 39.3 Å². The summed E-state index contributed by atoms with van der Waals surface area (Å²) in [6.45, 7) is 19.9. The van der Waals surface area contributed by atoms with Crippen LogP contribution in [0.25, 0.3) is 0 Å². The van der Waals surface area contributed by atoms with E-state index in [4.69, 9.17) is 0 Å². The SMILES string of the molecule is CCCCCC(/C=C1\CCCN1)(c1ccc(N(CC)CC)cc1)c1cccc(C(/C=C2\CCCN2)(CCCCC)c2ccc(N(CC)CC)cc2)c1. The lowest BCUT2D eigenvalue weighted by atomic mass is 9.66. The highest BCUT2D eigenvalue weighted by atomic mass is 15.1. The minimum atomic E-state index is -0.222. The highest BCUT2D eigenvalue weighted by molar-refractivity contribution is 5.57. The summed E-state index contributed by atoms with van der Waals surface area (Å²) in [4.78, 5) is 4.92. The maximum Gasteiger partial charge on any atom is 0.0401 e. The standard InChI is InChI=1S/C48H70N4/c1-7-13-15-32-47(37-43-22-18-34-49-43,39-24-28-45(29-25-39)51(9-3)10-4)41-20-17-21-42(36-41)48(33-16-14-8-2,38-44-23-19-35-50-44)40-26-30-46(31-27-40)52(11-5)12-6/h17,20-21,24-31,36-38,49-50H,7-16,18-19,22-23,32-35H2,1-6H3/b43-37+,44-38+. The molecule has 4 nitrogen and oxygen atoms in total. The number of hydrogen-bond acceptors (Lipinski definition) is 4. The van der Waals surface area contributed by atoms with E-state index in [1.807, 2.05) is 0 Å². The normalized spacial score (nSPS) is 18.2. The summed E-state index contributed by atoms with van der Waals surface area (Å²) >= 11 is 0. The molecular weight excluding hydrogens is 633 g/mol. The van der Waals surface area contributed by atoms with Crippen LogP contribution >= 0.6 is 0 Å². The third-order valence-electron chi connectivity index (χ3n) is 12.1. The molecule has 2 fully saturated rings. The van der Waals surface area contributed by atoms with Gasteiger partial charge in [-0.3, -0.25) is 0 Å². The Bertz CT molecular complexity index is 1430. The van der Waals surface area contributed by atoms with E-state index in [0.717, 1.165) is 65.0 Å². The van der Waals surface area contributed by atoms with E-state index >= 15 is 0 Å². The van der Waals surface area contributed by atoms with Crippen molar-refractivity contribution in [3.8, 4) is 0 Å². The Hall–Kier alpha value is -3.66. The summed E-state index contributed by atoms with van der Waals surface area (Å²) in [6.07, 6.45) is 19.5. The fraction of sp³-hybridized carbons (Fsp3) is 0.542. The summed E-state index contributed by atoms with van der Waals surface area (Å²) in [7, 11) is 0. The number of allylic oxidation sites excluding steroid dienone is 4. The predicted molar refractivity (Wildman–Crippen MR) is 227 cm³/mol. The van der Waals surface area contributed by atoms with Crippen LogP contribution < -0.4 is 20.4 Å². The van der Waals surface area contributed by atoms with Crippen molar-refractivity contribution in [2.24, 2.45) is 0 Å². The number of rotatable bonds is 20. The van der Waals surface area contributed by atoms with Crippen molar-refractivity contribution in [1.82, 2.24) is 10.6 Å². The van der Waals surface area contributed by atoms with Gasteiger partial charge in [-0.1, -0.05) is 113 Å². The van der Waals surface area contributed by atoms with Crippen LogP contribution in [0.1, 0.15) is 141 Å². The highest BCUT2D eigenvalue weighted by Gasteiger charge is 2.37. The Balaban J connectivity index is 1.74. The van der Waals surface area contributed by atoms with E-state index < -0.39 is 0 Å². The van der Waals surface area contributed by atoms with E-state index in [1.54, 1.807) is 0 Å². The minimum absolute atomic E-state index is 0.222. The molecular formula is C48H70N4. The van der Waals surface area contributed by atoms with Crippen molar-refractivity contribution in [1.29, 1.82) is 0 Å². The minimum Gasteiger partial charge on any atom is -0.389 e. The summed E-state index contributed by atoms with van der Waals surface area (Å²) in [5, 5.41) is 7.60. The predicted octanol–water partition coefficient (Wildman–Crippen LogP) is 11.6. The van der Waals surface area contributed by atoms with Crippen molar-refractivity contribution < 1.29 is 0 Å². The molecule has 2 aliphatic rings. The molecule has 2 atom stereocenters. The Morgan fingerprint density at radius 2 is 0.923 bits per heavy atom. The highest BCUT2D eigenvalue weighted by Crippen LogP contribution is 2.46. The summed E-state index contributed by atoms with van der Waals surface area (Å²) in [5.41, 5.74) is 10.7. The van der Waals surface area contributed by atoms with E-state index in [9.17, 15) is 0 Å². The summed E-state index contributed by atoms with van der Waals surface area (Å²) < 4.78 is 0. The molecule has 0 aliphatic carbocycles. The van der Waals surface area contributed by atoms with Gasteiger partial charge in [0.25, 0.3) is 0 Å². The lowest BCUT2D eigenvalue weighted by molar-refractivity contribution is 0.512.